The molecule has 1 aromatic carbocycles. The second kappa shape index (κ2) is 8.99. The number of hydrogen-bond donors (Lipinski definition) is 0. The van der Waals surface area contributed by atoms with Crippen LogP contribution >= 0.6 is 0 Å². The molecule has 0 unspecified atom stereocenters. The molecule has 10 heteroatoms. The number of oxazole rings is 1. The average molecular weight is 465 g/mol. The highest BCUT2D eigenvalue weighted by Crippen LogP contribution is 2.28. The summed E-state index contributed by atoms with van der Waals surface area (Å²) in [4.78, 5) is 29.0. The molecule has 32 heavy (non-hydrogen) atoms. The number of benzene rings is 1. The first-order valence-corrected chi connectivity index (χ1v) is 12.7. The SMILES string of the molecule is CC(C)n1c(=O)oc2cc(S(=O)(=O)N3CCC(CC(=O)N4CCN(C)CC4)CC3)ccc21. The number of nitrogens with zero attached hydrogens (tertiary/aromatic N) is 4. The third-order valence-corrected chi connectivity index (χ3v) is 8.53. The summed E-state index contributed by atoms with van der Waals surface area (Å²) >= 11 is 0. The Balaban J connectivity index is 1.40. The van der Waals surface area contributed by atoms with Crippen LogP contribution < -0.4 is 5.76 Å². The van der Waals surface area contributed by atoms with Crippen molar-refractivity contribution in [3.8, 4) is 0 Å². The summed E-state index contributed by atoms with van der Waals surface area (Å²) in [5.41, 5.74) is 0.863. The summed E-state index contributed by atoms with van der Waals surface area (Å²) in [6.45, 7) is 7.84. The zero-order chi connectivity index (χ0) is 23.0. The van der Waals surface area contributed by atoms with Crippen LogP contribution in [0.1, 0.15) is 39.2 Å². The lowest BCUT2D eigenvalue weighted by atomic mass is 9.94. The normalized spacial score (nSPS) is 19.8. The average Bonchev–Trinajstić information content (AvgIpc) is 3.09. The summed E-state index contributed by atoms with van der Waals surface area (Å²) in [5.74, 6) is -0.112. The van der Waals surface area contributed by atoms with E-state index in [0.717, 1.165) is 26.2 Å². The number of hydrogen-bond acceptors (Lipinski definition) is 6. The molecule has 0 radical (unpaired) electrons. The van der Waals surface area contributed by atoms with E-state index in [2.05, 4.69) is 11.9 Å². The number of sulfonamides is 1. The predicted molar refractivity (Wildman–Crippen MR) is 121 cm³/mol. The van der Waals surface area contributed by atoms with E-state index in [4.69, 9.17) is 4.42 Å². The fourth-order valence-electron chi connectivity index (χ4n) is 4.60. The van der Waals surface area contributed by atoms with Gasteiger partial charge in [0.15, 0.2) is 5.58 Å². The van der Waals surface area contributed by atoms with Gasteiger partial charge in [0.1, 0.15) is 0 Å². The van der Waals surface area contributed by atoms with Crippen molar-refractivity contribution in [2.24, 2.45) is 5.92 Å². The standard InChI is InChI=1S/C22H32N4O5S/c1-16(2)26-19-5-4-18(15-20(19)31-22(26)28)32(29,30)25-8-6-17(7-9-25)14-21(27)24-12-10-23(3)11-13-24/h4-5,15-17H,6-14H2,1-3H3. The third-order valence-electron chi connectivity index (χ3n) is 6.63. The van der Waals surface area contributed by atoms with E-state index in [0.29, 0.717) is 37.9 Å². The highest BCUT2D eigenvalue weighted by molar-refractivity contribution is 7.89. The second-order valence-electron chi connectivity index (χ2n) is 9.20. The first kappa shape index (κ1) is 23.0. The van der Waals surface area contributed by atoms with Gasteiger partial charge >= 0.3 is 5.76 Å². The lowest BCUT2D eigenvalue weighted by Crippen LogP contribution is -2.48. The monoisotopic (exact) mass is 464 g/mol. The van der Waals surface area contributed by atoms with E-state index in [-0.39, 0.29) is 28.3 Å². The quantitative estimate of drug-likeness (QED) is 0.669. The van der Waals surface area contributed by atoms with Gasteiger partial charge in [0.05, 0.1) is 10.4 Å². The Kier molecular flexibility index (Phi) is 6.46. The minimum Gasteiger partial charge on any atom is -0.408 e. The van der Waals surface area contributed by atoms with Crippen LogP contribution in [0.2, 0.25) is 0 Å². The van der Waals surface area contributed by atoms with Crippen molar-refractivity contribution >= 4 is 27.0 Å². The Bertz CT molecular complexity index is 1140. The maximum absolute atomic E-state index is 13.2. The van der Waals surface area contributed by atoms with Crippen molar-refractivity contribution in [3.63, 3.8) is 0 Å². The molecule has 0 aliphatic carbocycles. The van der Waals surface area contributed by atoms with E-state index >= 15 is 0 Å². The molecule has 1 amide bonds. The van der Waals surface area contributed by atoms with Crippen molar-refractivity contribution in [3.05, 3.63) is 28.7 Å². The lowest BCUT2D eigenvalue weighted by Gasteiger charge is -2.35. The zero-order valence-electron chi connectivity index (χ0n) is 19.0. The number of aromatic nitrogens is 1. The molecule has 0 saturated carbocycles. The summed E-state index contributed by atoms with van der Waals surface area (Å²) in [7, 11) is -1.64. The minimum absolute atomic E-state index is 0.0845. The smallest absolute Gasteiger partial charge is 0.408 e. The van der Waals surface area contributed by atoms with Gasteiger partial charge in [0.25, 0.3) is 0 Å². The minimum atomic E-state index is -3.69. The van der Waals surface area contributed by atoms with Crippen LogP contribution in [-0.4, -0.2) is 79.3 Å². The second-order valence-corrected chi connectivity index (χ2v) is 11.1. The zero-order valence-corrected chi connectivity index (χ0v) is 19.8. The summed E-state index contributed by atoms with van der Waals surface area (Å²) in [6, 6.07) is 4.52. The van der Waals surface area contributed by atoms with Crippen molar-refractivity contribution in [1.29, 1.82) is 0 Å². The van der Waals surface area contributed by atoms with Crippen LogP contribution in [0.25, 0.3) is 11.1 Å². The van der Waals surface area contributed by atoms with Gasteiger partial charge in [-0.2, -0.15) is 4.31 Å². The van der Waals surface area contributed by atoms with Gasteiger partial charge in [-0.05, 0) is 51.8 Å². The number of piperazine rings is 1. The molecule has 0 N–H and O–H groups in total. The molecule has 2 aromatic rings. The van der Waals surface area contributed by atoms with Gasteiger partial charge in [-0.1, -0.05) is 0 Å². The fourth-order valence-corrected chi connectivity index (χ4v) is 6.09. The van der Waals surface area contributed by atoms with Gasteiger partial charge in [-0.3, -0.25) is 9.36 Å². The van der Waals surface area contributed by atoms with Crippen LogP contribution in [0, 0.1) is 5.92 Å². The Labute approximate surface area is 188 Å². The van der Waals surface area contributed by atoms with Gasteiger partial charge in [0.2, 0.25) is 15.9 Å². The number of rotatable bonds is 5. The molecule has 176 valence electrons. The van der Waals surface area contributed by atoms with E-state index in [1.807, 2.05) is 18.7 Å². The van der Waals surface area contributed by atoms with E-state index < -0.39 is 15.8 Å². The summed E-state index contributed by atoms with van der Waals surface area (Å²) in [5, 5.41) is 0. The summed E-state index contributed by atoms with van der Waals surface area (Å²) < 4.78 is 34.6. The molecule has 2 fully saturated rings. The Morgan fingerprint density at radius 3 is 2.38 bits per heavy atom. The van der Waals surface area contributed by atoms with Crippen molar-refractivity contribution < 1.29 is 17.6 Å². The molecule has 2 saturated heterocycles. The molecule has 0 spiro atoms. The van der Waals surface area contributed by atoms with Crippen LogP contribution in [0.4, 0.5) is 0 Å². The molecule has 0 bridgehead atoms. The molecule has 4 rings (SSSR count). The van der Waals surface area contributed by atoms with Crippen LogP contribution in [-0.2, 0) is 14.8 Å². The van der Waals surface area contributed by atoms with Crippen LogP contribution in [0.3, 0.4) is 0 Å². The highest BCUT2D eigenvalue weighted by Gasteiger charge is 2.32. The van der Waals surface area contributed by atoms with Gasteiger partial charge in [-0.15, -0.1) is 0 Å². The first-order chi connectivity index (χ1) is 15.2. The molecule has 2 aliphatic heterocycles. The van der Waals surface area contributed by atoms with Crippen LogP contribution in [0.5, 0.6) is 0 Å². The summed E-state index contributed by atoms with van der Waals surface area (Å²) in [6.07, 6.45) is 1.82. The van der Waals surface area contributed by atoms with Gasteiger partial charge < -0.3 is 14.2 Å². The van der Waals surface area contributed by atoms with E-state index in [1.165, 1.54) is 21.0 Å². The number of amides is 1. The largest absolute Gasteiger partial charge is 0.420 e. The Hall–Kier alpha value is -2.17. The first-order valence-electron chi connectivity index (χ1n) is 11.3. The van der Waals surface area contributed by atoms with E-state index in [1.54, 1.807) is 6.07 Å². The van der Waals surface area contributed by atoms with Gasteiger partial charge in [-0.25, -0.2) is 13.2 Å². The molecule has 2 aliphatic rings. The van der Waals surface area contributed by atoms with Gasteiger partial charge in [0, 0.05) is 57.8 Å². The van der Waals surface area contributed by atoms with Crippen molar-refractivity contribution in [2.45, 2.75) is 44.0 Å². The number of piperidine rings is 1. The number of fused-ring (bicyclic) bond motifs is 1. The number of carbonyl (C=O) groups is 1. The van der Waals surface area contributed by atoms with Crippen molar-refractivity contribution in [1.82, 2.24) is 18.7 Å². The van der Waals surface area contributed by atoms with Crippen LogP contribution in [0.15, 0.2) is 32.3 Å². The Morgan fingerprint density at radius 2 is 1.75 bits per heavy atom. The molecule has 9 nitrogen and oxygen atoms in total. The van der Waals surface area contributed by atoms with Crippen molar-refractivity contribution in [2.75, 3.05) is 46.3 Å². The molecule has 3 heterocycles. The fraction of sp³-hybridized carbons (Fsp3) is 0.636. The third kappa shape index (κ3) is 4.49. The van der Waals surface area contributed by atoms with E-state index in [9.17, 15) is 18.0 Å². The number of carbonyl (C=O) groups excluding carboxylic acids is 1. The maximum atomic E-state index is 13.2. The molecule has 0 atom stereocenters. The Morgan fingerprint density at radius 1 is 1.09 bits per heavy atom. The molecular formula is C22H32N4O5S. The predicted octanol–water partition coefficient (Wildman–Crippen LogP) is 1.74. The highest BCUT2D eigenvalue weighted by atomic mass is 32.2. The lowest BCUT2D eigenvalue weighted by molar-refractivity contribution is -0.134. The number of likely N-dealkylation sites (N-methyl/N-ethyl adjacent to an activating group) is 1. The maximum Gasteiger partial charge on any atom is 0.420 e. The molecular weight excluding hydrogens is 432 g/mol. The topological polar surface area (TPSA) is 96.1 Å². The molecule has 1 aromatic heterocycles.